The first kappa shape index (κ1) is 9.97. The molecule has 1 aliphatic heterocycles. The van der Waals surface area contributed by atoms with Crippen molar-refractivity contribution in [3.63, 3.8) is 0 Å². The maximum absolute atomic E-state index is 12.3. The van der Waals surface area contributed by atoms with E-state index in [2.05, 4.69) is 5.32 Å². The van der Waals surface area contributed by atoms with Crippen LogP contribution >= 0.6 is 0 Å². The third-order valence-electron chi connectivity index (χ3n) is 2.16. The summed E-state index contributed by atoms with van der Waals surface area (Å²) < 4.78 is 37.0. The Hall–Kier alpha value is -1.56. The summed E-state index contributed by atoms with van der Waals surface area (Å²) in [6.45, 7) is 0.207. The molecule has 80 valence electrons. The lowest BCUT2D eigenvalue weighted by Crippen LogP contribution is -2.82. The van der Waals surface area contributed by atoms with Gasteiger partial charge in [-0.1, -0.05) is 0 Å². The lowest BCUT2D eigenvalue weighted by atomic mass is 10.1. The van der Waals surface area contributed by atoms with Gasteiger partial charge in [0.15, 0.2) is 12.2 Å². The first-order valence-electron chi connectivity index (χ1n) is 4.31. The molecule has 1 amide bonds. The molecule has 0 fully saturated rings. The number of quaternary nitrogens is 1. The Bertz CT molecular complexity index is 414. The zero-order valence-electron chi connectivity index (χ0n) is 7.56. The molecule has 15 heavy (non-hydrogen) atoms. The highest BCUT2D eigenvalue weighted by atomic mass is 19.4. The van der Waals surface area contributed by atoms with Gasteiger partial charge in [0.2, 0.25) is 0 Å². The molecular weight excluding hydrogens is 209 g/mol. The lowest BCUT2D eigenvalue weighted by molar-refractivity contribution is -0.559. The van der Waals surface area contributed by atoms with Crippen LogP contribution in [0.4, 0.5) is 24.5 Å². The summed E-state index contributed by atoms with van der Waals surface area (Å²) >= 11 is 0. The topological polar surface area (TPSA) is 45.7 Å². The molecule has 0 radical (unpaired) electrons. The van der Waals surface area contributed by atoms with Crippen molar-refractivity contribution >= 4 is 17.3 Å². The maximum Gasteiger partial charge on any atom is 0.416 e. The maximum atomic E-state index is 12.3. The standard InChI is InChI=1S/C9H7F3N2O/c10-9(11,12)5-1-2-6-7(3-5)14-8(15)4-13-6/h1-3,13H,4H2,(H,14,15)/p+1. The number of benzene rings is 1. The molecule has 0 unspecified atom stereocenters. The van der Waals surface area contributed by atoms with Crippen LogP contribution < -0.4 is 10.6 Å². The highest BCUT2D eigenvalue weighted by Crippen LogP contribution is 2.33. The zero-order valence-corrected chi connectivity index (χ0v) is 7.56. The third kappa shape index (κ3) is 1.94. The number of alkyl halides is 3. The number of fused-ring (bicyclic) bond motifs is 1. The number of nitrogens with one attached hydrogen (secondary N) is 1. The second kappa shape index (κ2) is 3.23. The summed E-state index contributed by atoms with van der Waals surface area (Å²) in [6, 6.07) is 3.31. The minimum Gasteiger partial charge on any atom is -0.316 e. The Morgan fingerprint density at radius 3 is 2.73 bits per heavy atom. The van der Waals surface area contributed by atoms with Gasteiger partial charge in [-0.2, -0.15) is 13.2 Å². The average Bonchev–Trinajstić information content (AvgIpc) is 2.15. The molecule has 0 spiro atoms. The smallest absolute Gasteiger partial charge is 0.316 e. The number of halogens is 3. The van der Waals surface area contributed by atoms with E-state index in [1.807, 2.05) is 0 Å². The number of hydrogen-bond acceptors (Lipinski definition) is 1. The van der Waals surface area contributed by atoms with Gasteiger partial charge in [0, 0.05) is 6.07 Å². The molecule has 0 aliphatic carbocycles. The molecule has 3 nitrogen and oxygen atoms in total. The highest BCUT2D eigenvalue weighted by Gasteiger charge is 2.32. The monoisotopic (exact) mass is 217 g/mol. The van der Waals surface area contributed by atoms with E-state index in [0.29, 0.717) is 5.69 Å². The van der Waals surface area contributed by atoms with Crippen LogP contribution in [0.15, 0.2) is 18.2 Å². The second-order valence-corrected chi connectivity index (χ2v) is 3.26. The van der Waals surface area contributed by atoms with Crippen LogP contribution in [0, 0.1) is 0 Å². The van der Waals surface area contributed by atoms with E-state index >= 15 is 0 Å². The van der Waals surface area contributed by atoms with Crippen molar-refractivity contribution in [1.82, 2.24) is 0 Å². The van der Waals surface area contributed by atoms with Crippen molar-refractivity contribution in [2.45, 2.75) is 6.18 Å². The van der Waals surface area contributed by atoms with Crippen LogP contribution in [0.5, 0.6) is 0 Å². The van der Waals surface area contributed by atoms with Gasteiger partial charge in [-0.15, -0.1) is 0 Å². The number of amides is 1. The van der Waals surface area contributed by atoms with Crippen LogP contribution in [-0.4, -0.2) is 12.5 Å². The van der Waals surface area contributed by atoms with Gasteiger partial charge in [0.05, 0.1) is 5.56 Å². The quantitative estimate of drug-likeness (QED) is 0.622. The normalized spacial score (nSPS) is 15.8. The van der Waals surface area contributed by atoms with Crippen LogP contribution in [0.3, 0.4) is 0 Å². The predicted octanol–water partition coefficient (Wildman–Crippen LogP) is 0.852. The molecular formula is C9H8F3N2O+. The van der Waals surface area contributed by atoms with Gasteiger partial charge in [0.25, 0.3) is 5.91 Å². The van der Waals surface area contributed by atoms with Crippen molar-refractivity contribution in [3.8, 4) is 0 Å². The lowest BCUT2D eigenvalue weighted by Gasteiger charge is -2.16. The second-order valence-electron chi connectivity index (χ2n) is 3.26. The number of hydrogen-bond donors (Lipinski definition) is 2. The molecule has 0 saturated heterocycles. The van der Waals surface area contributed by atoms with E-state index in [9.17, 15) is 18.0 Å². The van der Waals surface area contributed by atoms with Gasteiger partial charge < -0.3 is 10.6 Å². The van der Waals surface area contributed by atoms with E-state index in [1.165, 1.54) is 6.07 Å². The van der Waals surface area contributed by atoms with Gasteiger partial charge in [-0.3, -0.25) is 4.79 Å². The minimum atomic E-state index is -4.38. The van der Waals surface area contributed by atoms with Crippen LogP contribution in [-0.2, 0) is 11.0 Å². The Balaban J connectivity index is 2.41. The van der Waals surface area contributed by atoms with Crippen LogP contribution in [0.1, 0.15) is 5.56 Å². The first-order valence-corrected chi connectivity index (χ1v) is 4.31. The Labute approximate surface area is 83.3 Å². The number of carbonyl (C=O) groups is 1. The highest BCUT2D eigenvalue weighted by molar-refractivity contribution is 5.95. The minimum absolute atomic E-state index is 0.207. The summed E-state index contributed by atoms with van der Waals surface area (Å²) in [5.41, 5.74) is 0.0977. The molecule has 2 rings (SSSR count). The fourth-order valence-corrected chi connectivity index (χ4v) is 1.42. The van der Waals surface area contributed by atoms with E-state index < -0.39 is 11.7 Å². The molecule has 1 heterocycles. The molecule has 1 aromatic rings. The third-order valence-corrected chi connectivity index (χ3v) is 2.16. The van der Waals surface area contributed by atoms with Gasteiger partial charge in [-0.05, 0) is 12.1 Å². The largest absolute Gasteiger partial charge is 0.416 e. The van der Waals surface area contributed by atoms with Gasteiger partial charge in [0.1, 0.15) is 5.69 Å². The summed E-state index contributed by atoms with van der Waals surface area (Å²) in [7, 11) is 0. The Kier molecular flexibility index (Phi) is 2.15. The number of rotatable bonds is 0. The van der Waals surface area contributed by atoms with Crippen molar-refractivity contribution < 1.29 is 23.3 Å². The van der Waals surface area contributed by atoms with E-state index in [1.54, 1.807) is 5.32 Å². The Morgan fingerprint density at radius 1 is 1.33 bits per heavy atom. The van der Waals surface area contributed by atoms with Gasteiger partial charge in [-0.25, -0.2) is 0 Å². The average molecular weight is 217 g/mol. The summed E-state index contributed by atoms with van der Waals surface area (Å²) in [6.07, 6.45) is -4.38. The fourth-order valence-electron chi connectivity index (χ4n) is 1.42. The summed E-state index contributed by atoms with van der Waals surface area (Å²) in [4.78, 5) is 11.0. The zero-order chi connectivity index (χ0) is 11.1. The van der Waals surface area contributed by atoms with Crippen molar-refractivity contribution in [2.75, 3.05) is 11.9 Å². The predicted molar refractivity (Wildman–Crippen MR) is 46.5 cm³/mol. The van der Waals surface area contributed by atoms with Crippen LogP contribution in [0.25, 0.3) is 0 Å². The van der Waals surface area contributed by atoms with E-state index in [-0.39, 0.29) is 18.1 Å². The summed E-state index contributed by atoms with van der Waals surface area (Å²) in [5, 5.41) is 4.01. The Morgan fingerprint density at radius 2 is 2.07 bits per heavy atom. The van der Waals surface area contributed by atoms with Gasteiger partial charge >= 0.3 is 6.18 Å². The molecule has 1 aromatic carbocycles. The van der Waals surface area contributed by atoms with E-state index in [0.717, 1.165) is 12.1 Å². The molecule has 6 heteroatoms. The molecule has 0 aromatic heterocycles. The van der Waals surface area contributed by atoms with Crippen LogP contribution in [0.2, 0.25) is 0 Å². The molecule has 1 aliphatic rings. The summed E-state index contributed by atoms with van der Waals surface area (Å²) in [5.74, 6) is -0.290. The SMILES string of the molecule is O=C1C[NH2+]c2ccc(C(F)(F)F)cc2N1. The first-order chi connectivity index (χ1) is 6.97. The fraction of sp³-hybridized carbons (Fsp3) is 0.222. The molecule has 3 N–H and O–H groups in total. The molecule has 0 bridgehead atoms. The number of nitrogens with two attached hydrogens (primary N) is 1. The van der Waals surface area contributed by atoms with Crippen molar-refractivity contribution in [1.29, 1.82) is 0 Å². The number of anilines is 1. The van der Waals surface area contributed by atoms with Crippen molar-refractivity contribution in [2.24, 2.45) is 0 Å². The molecule has 0 atom stereocenters. The van der Waals surface area contributed by atoms with E-state index in [4.69, 9.17) is 0 Å². The number of carbonyl (C=O) groups excluding carboxylic acids is 1. The van der Waals surface area contributed by atoms with Crippen molar-refractivity contribution in [3.05, 3.63) is 23.8 Å². The molecule has 0 saturated carbocycles.